The van der Waals surface area contributed by atoms with Crippen molar-refractivity contribution >= 4 is 29.0 Å². The minimum atomic E-state index is -0.949. The van der Waals surface area contributed by atoms with Gasteiger partial charge in [0.1, 0.15) is 24.1 Å². The van der Waals surface area contributed by atoms with Crippen molar-refractivity contribution in [3.8, 4) is 5.75 Å². The molecular formula is C16H14N4O5. The van der Waals surface area contributed by atoms with Crippen molar-refractivity contribution in [2.45, 2.75) is 6.04 Å². The zero-order chi connectivity index (χ0) is 17.8. The third-order valence-corrected chi connectivity index (χ3v) is 3.52. The van der Waals surface area contributed by atoms with E-state index in [2.05, 4.69) is 16.0 Å². The summed E-state index contributed by atoms with van der Waals surface area (Å²) >= 11 is 0. The van der Waals surface area contributed by atoms with Crippen LogP contribution in [0.15, 0.2) is 48.5 Å². The zero-order valence-electron chi connectivity index (χ0n) is 12.9. The molecule has 0 fully saturated rings. The quantitative estimate of drug-likeness (QED) is 0.582. The van der Waals surface area contributed by atoms with Gasteiger partial charge in [0, 0.05) is 6.07 Å². The molecule has 9 nitrogen and oxygen atoms in total. The van der Waals surface area contributed by atoms with E-state index in [1.54, 1.807) is 30.3 Å². The highest BCUT2D eigenvalue weighted by atomic mass is 16.6. The van der Waals surface area contributed by atoms with Crippen molar-refractivity contribution in [1.82, 2.24) is 5.32 Å². The number of fused-ring (bicyclic) bond motifs is 1. The lowest BCUT2D eigenvalue weighted by Gasteiger charge is -2.15. The Kier molecular flexibility index (Phi) is 4.46. The molecule has 0 spiro atoms. The van der Waals surface area contributed by atoms with Crippen molar-refractivity contribution in [3.05, 3.63) is 58.6 Å². The summed E-state index contributed by atoms with van der Waals surface area (Å²) in [5.74, 6) is 0.0573. The monoisotopic (exact) mass is 342 g/mol. The number of benzene rings is 2. The van der Waals surface area contributed by atoms with Crippen LogP contribution in [0.5, 0.6) is 5.75 Å². The van der Waals surface area contributed by atoms with Crippen LogP contribution in [-0.4, -0.2) is 29.5 Å². The summed E-state index contributed by atoms with van der Waals surface area (Å²) in [5.41, 5.74) is 0.297. The fourth-order valence-corrected chi connectivity index (χ4v) is 2.33. The number of para-hydroxylation sites is 4. The van der Waals surface area contributed by atoms with Crippen LogP contribution in [0.25, 0.3) is 0 Å². The number of nitrogens with zero attached hydrogens (tertiary/aromatic N) is 1. The lowest BCUT2D eigenvalue weighted by molar-refractivity contribution is -0.383. The second-order valence-electron chi connectivity index (χ2n) is 5.22. The van der Waals surface area contributed by atoms with Crippen molar-refractivity contribution in [3.63, 3.8) is 0 Å². The van der Waals surface area contributed by atoms with Gasteiger partial charge in [0.2, 0.25) is 0 Å². The lowest BCUT2D eigenvalue weighted by Crippen LogP contribution is -2.48. The van der Waals surface area contributed by atoms with Crippen LogP contribution in [-0.2, 0) is 4.79 Å². The second kappa shape index (κ2) is 6.87. The number of urea groups is 1. The van der Waals surface area contributed by atoms with E-state index in [-0.39, 0.29) is 18.0 Å². The number of amides is 3. The Bertz CT molecular complexity index is 839. The largest absolute Gasteiger partial charge is 0.489 e. The van der Waals surface area contributed by atoms with E-state index in [0.717, 1.165) is 0 Å². The summed E-state index contributed by atoms with van der Waals surface area (Å²) < 4.78 is 5.51. The third-order valence-electron chi connectivity index (χ3n) is 3.52. The van der Waals surface area contributed by atoms with E-state index in [1.807, 2.05) is 0 Å². The predicted molar refractivity (Wildman–Crippen MR) is 89.6 cm³/mol. The number of hydrogen-bond donors (Lipinski definition) is 3. The molecule has 1 atom stereocenters. The van der Waals surface area contributed by atoms with E-state index in [1.165, 1.54) is 18.2 Å². The van der Waals surface area contributed by atoms with Gasteiger partial charge in [0.05, 0.1) is 10.6 Å². The molecule has 2 aromatic carbocycles. The van der Waals surface area contributed by atoms with Gasteiger partial charge >= 0.3 is 6.03 Å². The maximum atomic E-state index is 12.2. The summed E-state index contributed by atoms with van der Waals surface area (Å²) in [7, 11) is 0. The highest BCUT2D eigenvalue weighted by molar-refractivity contribution is 6.01. The van der Waals surface area contributed by atoms with Gasteiger partial charge < -0.3 is 20.7 Å². The normalized spacial score (nSPS) is 15.8. The van der Waals surface area contributed by atoms with Crippen LogP contribution in [0.3, 0.4) is 0 Å². The molecule has 3 N–H and O–H groups in total. The van der Waals surface area contributed by atoms with Gasteiger partial charge in [-0.05, 0) is 18.2 Å². The van der Waals surface area contributed by atoms with Crippen LogP contribution in [0.4, 0.5) is 21.9 Å². The Morgan fingerprint density at radius 3 is 2.72 bits per heavy atom. The number of ether oxygens (including phenoxy) is 1. The van der Waals surface area contributed by atoms with Gasteiger partial charge in [-0.2, -0.15) is 0 Å². The number of hydrogen-bond acceptors (Lipinski definition) is 5. The number of rotatable bonds is 3. The molecule has 0 radical (unpaired) electrons. The Labute approximate surface area is 142 Å². The first-order valence-corrected chi connectivity index (χ1v) is 7.38. The average Bonchev–Trinajstić information content (AvgIpc) is 2.74. The molecule has 128 valence electrons. The first-order chi connectivity index (χ1) is 12.0. The van der Waals surface area contributed by atoms with E-state index in [9.17, 15) is 19.7 Å². The first-order valence-electron chi connectivity index (χ1n) is 7.38. The third kappa shape index (κ3) is 3.66. The lowest BCUT2D eigenvalue weighted by atomic mass is 10.2. The minimum Gasteiger partial charge on any atom is -0.489 e. The fourth-order valence-electron chi connectivity index (χ4n) is 2.33. The molecule has 25 heavy (non-hydrogen) atoms. The summed E-state index contributed by atoms with van der Waals surface area (Å²) in [6.07, 6.45) is 0. The van der Waals surface area contributed by atoms with Gasteiger partial charge in [0.25, 0.3) is 11.6 Å². The van der Waals surface area contributed by atoms with Crippen LogP contribution in [0.1, 0.15) is 0 Å². The zero-order valence-corrected chi connectivity index (χ0v) is 12.9. The molecule has 1 heterocycles. The topological polar surface area (TPSA) is 123 Å². The molecule has 3 amide bonds. The maximum Gasteiger partial charge on any atom is 0.320 e. The van der Waals surface area contributed by atoms with Crippen molar-refractivity contribution in [2.75, 3.05) is 17.2 Å². The molecule has 3 rings (SSSR count). The van der Waals surface area contributed by atoms with Crippen LogP contribution in [0, 0.1) is 10.1 Å². The Morgan fingerprint density at radius 2 is 1.92 bits per heavy atom. The molecule has 0 saturated carbocycles. The average molecular weight is 342 g/mol. The molecule has 1 aliphatic heterocycles. The van der Waals surface area contributed by atoms with Gasteiger partial charge in [-0.15, -0.1) is 0 Å². The van der Waals surface area contributed by atoms with E-state index in [4.69, 9.17) is 4.74 Å². The SMILES string of the molecule is O=C(Nc1ccccc1[N+](=O)[O-])N[C@@H]1COc2ccccc2NC1=O. The van der Waals surface area contributed by atoms with Gasteiger partial charge in [-0.25, -0.2) is 4.79 Å². The molecule has 0 saturated heterocycles. The standard InChI is InChI=1S/C16H14N4O5/c21-15-12(9-25-14-8-4-2-6-11(14)17-15)19-16(22)18-10-5-1-3-7-13(10)20(23)24/h1-8,12H,9H2,(H,17,21)(H2,18,19,22)/t12-/m1/s1. The van der Waals surface area contributed by atoms with E-state index in [0.29, 0.717) is 11.4 Å². The van der Waals surface area contributed by atoms with Crippen LogP contribution in [0.2, 0.25) is 0 Å². The molecule has 1 aliphatic rings. The van der Waals surface area contributed by atoms with Crippen molar-refractivity contribution in [1.29, 1.82) is 0 Å². The predicted octanol–water partition coefficient (Wildman–Crippen LogP) is 2.12. The number of anilines is 2. The Hall–Kier alpha value is -3.62. The van der Waals surface area contributed by atoms with Crippen molar-refractivity contribution < 1.29 is 19.2 Å². The van der Waals surface area contributed by atoms with Crippen molar-refractivity contribution in [2.24, 2.45) is 0 Å². The number of carbonyl (C=O) groups excluding carboxylic acids is 2. The molecule has 0 aliphatic carbocycles. The first kappa shape index (κ1) is 16.2. The number of carbonyl (C=O) groups is 2. The van der Waals surface area contributed by atoms with E-state index < -0.39 is 22.9 Å². The number of nitro groups is 1. The highest BCUT2D eigenvalue weighted by Crippen LogP contribution is 2.26. The Morgan fingerprint density at radius 1 is 1.20 bits per heavy atom. The summed E-state index contributed by atoms with van der Waals surface area (Å²) in [6.45, 7) is -0.0624. The number of nitro benzene ring substituents is 1. The minimum absolute atomic E-state index is 0.0308. The molecule has 0 bridgehead atoms. The Balaban J connectivity index is 1.68. The van der Waals surface area contributed by atoms with Gasteiger partial charge in [-0.3, -0.25) is 14.9 Å². The molecule has 2 aromatic rings. The van der Waals surface area contributed by atoms with Crippen LogP contribution < -0.4 is 20.7 Å². The van der Waals surface area contributed by atoms with Gasteiger partial charge in [-0.1, -0.05) is 24.3 Å². The summed E-state index contributed by atoms with van der Waals surface area (Å²) in [5, 5.41) is 18.4. The van der Waals surface area contributed by atoms with E-state index >= 15 is 0 Å². The highest BCUT2D eigenvalue weighted by Gasteiger charge is 2.26. The molecule has 0 aromatic heterocycles. The maximum absolute atomic E-state index is 12.2. The fraction of sp³-hybridized carbons (Fsp3) is 0.125. The second-order valence-corrected chi connectivity index (χ2v) is 5.22. The molecular weight excluding hydrogens is 328 g/mol. The summed E-state index contributed by atoms with van der Waals surface area (Å²) in [6, 6.07) is 10.9. The summed E-state index contributed by atoms with van der Waals surface area (Å²) in [4.78, 5) is 34.7. The van der Waals surface area contributed by atoms with Gasteiger partial charge in [0.15, 0.2) is 0 Å². The number of nitrogens with one attached hydrogen (secondary N) is 3. The smallest absolute Gasteiger partial charge is 0.320 e. The molecule has 0 unspecified atom stereocenters. The molecule has 9 heteroatoms. The van der Waals surface area contributed by atoms with Crippen LogP contribution >= 0.6 is 0 Å².